The van der Waals surface area contributed by atoms with Gasteiger partial charge in [-0.2, -0.15) is 4.98 Å². The van der Waals surface area contributed by atoms with E-state index in [1.807, 2.05) is 36.4 Å². The molecule has 0 spiro atoms. The lowest BCUT2D eigenvalue weighted by Crippen LogP contribution is -1.88. The Morgan fingerprint density at radius 2 is 1.81 bits per heavy atom. The van der Waals surface area contributed by atoms with Crippen molar-refractivity contribution in [3.63, 3.8) is 0 Å². The largest absolute Gasteiger partial charge is 0.446 e. The number of rotatable bonds is 1. The molecule has 3 rings (SSSR count). The van der Waals surface area contributed by atoms with E-state index in [0.717, 1.165) is 16.6 Å². The van der Waals surface area contributed by atoms with Gasteiger partial charge in [-0.05, 0) is 17.7 Å². The second kappa shape index (κ2) is 3.61. The molecule has 2 heterocycles. The van der Waals surface area contributed by atoms with Crippen LogP contribution in [0.25, 0.3) is 22.4 Å². The summed E-state index contributed by atoms with van der Waals surface area (Å²) in [7, 11) is 0. The summed E-state index contributed by atoms with van der Waals surface area (Å²) in [4.78, 5) is 8.25. The summed E-state index contributed by atoms with van der Waals surface area (Å²) in [6.07, 6.45) is 1.59. The fourth-order valence-corrected chi connectivity index (χ4v) is 1.81. The molecule has 0 unspecified atom stereocenters. The zero-order chi connectivity index (χ0) is 11.0. The molecule has 2 aromatic heterocycles. The number of hydrogen-bond donors (Lipinski definition) is 0. The average molecular weight is 231 g/mol. The Hall–Kier alpha value is -1.87. The lowest BCUT2D eigenvalue weighted by Gasteiger charge is -2.01. The van der Waals surface area contributed by atoms with E-state index < -0.39 is 0 Å². The molecule has 1 aromatic carbocycles. The van der Waals surface area contributed by atoms with Gasteiger partial charge in [0.25, 0.3) is 0 Å². The second-order valence-electron chi connectivity index (χ2n) is 3.35. The minimum Gasteiger partial charge on any atom is -0.446 e. The van der Waals surface area contributed by atoms with E-state index in [1.165, 1.54) is 0 Å². The molecular formula is C12H7ClN2O. The lowest BCUT2D eigenvalue weighted by atomic mass is 10.1. The molecule has 0 amide bonds. The van der Waals surface area contributed by atoms with Crippen LogP contribution in [0.4, 0.5) is 0 Å². The van der Waals surface area contributed by atoms with Crippen molar-refractivity contribution in [1.82, 2.24) is 9.97 Å². The van der Waals surface area contributed by atoms with Crippen LogP contribution in [0, 0.1) is 0 Å². The van der Waals surface area contributed by atoms with E-state index in [4.69, 9.17) is 16.0 Å². The first-order valence-electron chi connectivity index (χ1n) is 4.81. The highest BCUT2D eigenvalue weighted by Crippen LogP contribution is 2.27. The molecule has 3 aromatic rings. The van der Waals surface area contributed by atoms with E-state index in [0.29, 0.717) is 5.71 Å². The molecule has 0 radical (unpaired) electrons. The molecule has 4 heteroatoms. The minimum absolute atomic E-state index is 0.196. The number of furan rings is 1. The maximum Gasteiger partial charge on any atom is 0.230 e. The summed E-state index contributed by atoms with van der Waals surface area (Å²) in [5.74, 6) is 0. The molecule has 0 atom stereocenters. The molecule has 78 valence electrons. The third-order valence-electron chi connectivity index (χ3n) is 2.34. The van der Waals surface area contributed by atoms with Gasteiger partial charge in [-0.1, -0.05) is 30.3 Å². The highest BCUT2D eigenvalue weighted by Gasteiger charge is 2.10. The lowest BCUT2D eigenvalue weighted by molar-refractivity contribution is 0.602. The maximum atomic E-state index is 5.85. The zero-order valence-corrected chi connectivity index (χ0v) is 8.98. The molecule has 16 heavy (non-hydrogen) atoms. The average Bonchev–Trinajstić information content (AvgIpc) is 2.77. The fourth-order valence-electron chi connectivity index (χ4n) is 1.65. The summed E-state index contributed by atoms with van der Waals surface area (Å²) >= 11 is 5.85. The summed E-state index contributed by atoms with van der Waals surface area (Å²) < 4.78 is 5.23. The Balaban J connectivity index is 2.34. The molecule has 0 aliphatic rings. The summed E-state index contributed by atoms with van der Waals surface area (Å²) in [6, 6.07) is 11.7. The van der Waals surface area contributed by atoms with E-state index in [1.54, 1.807) is 6.26 Å². The van der Waals surface area contributed by atoms with Gasteiger partial charge in [0.05, 0.1) is 17.3 Å². The predicted octanol–water partition coefficient (Wildman–Crippen LogP) is 3.54. The molecule has 0 saturated carbocycles. The maximum absolute atomic E-state index is 5.85. The Kier molecular flexibility index (Phi) is 2.11. The molecule has 0 N–H and O–H groups in total. The zero-order valence-electron chi connectivity index (χ0n) is 8.22. The predicted molar refractivity (Wildman–Crippen MR) is 62.3 cm³/mol. The first-order chi connectivity index (χ1) is 7.84. The first-order valence-corrected chi connectivity index (χ1v) is 5.18. The van der Waals surface area contributed by atoms with Crippen molar-refractivity contribution in [3.05, 3.63) is 47.9 Å². The second-order valence-corrected chi connectivity index (χ2v) is 3.68. The summed E-state index contributed by atoms with van der Waals surface area (Å²) in [6.45, 7) is 0. The number of fused-ring (bicyclic) bond motifs is 1. The van der Waals surface area contributed by atoms with Crippen LogP contribution in [0.1, 0.15) is 0 Å². The van der Waals surface area contributed by atoms with Crippen molar-refractivity contribution >= 4 is 22.7 Å². The molecule has 0 saturated heterocycles. The molecule has 3 nitrogen and oxygen atoms in total. The minimum atomic E-state index is 0.196. The number of halogens is 1. The quantitative estimate of drug-likeness (QED) is 0.600. The van der Waals surface area contributed by atoms with Crippen LogP contribution in [0.3, 0.4) is 0 Å². The van der Waals surface area contributed by atoms with Crippen molar-refractivity contribution in [2.24, 2.45) is 0 Å². The van der Waals surface area contributed by atoms with E-state index in [9.17, 15) is 0 Å². The molecular weight excluding hydrogens is 224 g/mol. The molecule has 0 aliphatic carbocycles. The SMILES string of the molecule is Clc1nc(-c2ccccc2)c2ccoc2n1. The van der Waals surface area contributed by atoms with Gasteiger partial charge < -0.3 is 4.42 Å². The van der Waals surface area contributed by atoms with E-state index in [2.05, 4.69) is 9.97 Å². The summed E-state index contributed by atoms with van der Waals surface area (Å²) in [5.41, 5.74) is 2.31. The highest BCUT2D eigenvalue weighted by molar-refractivity contribution is 6.28. The Labute approximate surface area is 96.7 Å². The van der Waals surface area contributed by atoms with Crippen molar-refractivity contribution in [2.45, 2.75) is 0 Å². The van der Waals surface area contributed by atoms with Gasteiger partial charge in [-0.25, -0.2) is 4.98 Å². The van der Waals surface area contributed by atoms with Gasteiger partial charge in [0.1, 0.15) is 0 Å². The van der Waals surface area contributed by atoms with Crippen molar-refractivity contribution in [2.75, 3.05) is 0 Å². The molecule has 0 bridgehead atoms. The van der Waals surface area contributed by atoms with Gasteiger partial charge in [-0.15, -0.1) is 0 Å². The van der Waals surface area contributed by atoms with Gasteiger partial charge in [0, 0.05) is 5.56 Å². The smallest absolute Gasteiger partial charge is 0.230 e. The number of aromatic nitrogens is 2. The normalized spacial score (nSPS) is 10.8. The monoisotopic (exact) mass is 230 g/mol. The van der Waals surface area contributed by atoms with Crippen LogP contribution in [-0.4, -0.2) is 9.97 Å². The van der Waals surface area contributed by atoms with Gasteiger partial charge in [-0.3, -0.25) is 0 Å². The van der Waals surface area contributed by atoms with Crippen molar-refractivity contribution < 1.29 is 4.42 Å². The highest BCUT2D eigenvalue weighted by atomic mass is 35.5. The van der Waals surface area contributed by atoms with Gasteiger partial charge in [0.15, 0.2) is 0 Å². The van der Waals surface area contributed by atoms with Crippen LogP contribution >= 0.6 is 11.6 Å². The van der Waals surface area contributed by atoms with Gasteiger partial charge in [0.2, 0.25) is 11.0 Å². The third-order valence-corrected chi connectivity index (χ3v) is 2.51. The Bertz CT molecular complexity index is 634. The number of hydrogen-bond acceptors (Lipinski definition) is 3. The van der Waals surface area contributed by atoms with E-state index in [-0.39, 0.29) is 5.28 Å². The van der Waals surface area contributed by atoms with Crippen LogP contribution < -0.4 is 0 Å². The van der Waals surface area contributed by atoms with Crippen LogP contribution in [0.5, 0.6) is 0 Å². The summed E-state index contributed by atoms with van der Waals surface area (Å²) in [5, 5.41) is 1.07. The first kappa shape index (κ1) is 9.36. The number of benzene rings is 1. The fraction of sp³-hybridized carbons (Fsp3) is 0. The number of nitrogens with zero attached hydrogens (tertiary/aromatic N) is 2. The third kappa shape index (κ3) is 1.46. The Morgan fingerprint density at radius 1 is 1.00 bits per heavy atom. The van der Waals surface area contributed by atoms with E-state index >= 15 is 0 Å². The van der Waals surface area contributed by atoms with Crippen molar-refractivity contribution in [1.29, 1.82) is 0 Å². The standard InChI is InChI=1S/C12H7ClN2O/c13-12-14-10(8-4-2-1-3-5-8)9-6-7-16-11(9)15-12/h1-7H. The molecule has 0 fully saturated rings. The van der Waals surface area contributed by atoms with Crippen LogP contribution in [0.2, 0.25) is 5.28 Å². The molecule has 0 aliphatic heterocycles. The van der Waals surface area contributed by atoms with Gasteiger partial charge >= 0.3 is 0 Å². The Morgan fingerprint density at radius 3 is 2.62 bits per heavy atom. The van der Waals surface area contributed by atoms with Crippen LogP contribution in [0.15, 0.2) is 47.1 Å². The van der Waals surface area contributed by atoms with Crippen LogP contribution in [-0.2, 0) is 0 Å². The van der Waals surface area contributed by atoms with Crippen molar-refractivity contribution in [3.8, 4) is 11.3 Å². The topological polar surface area (TPSA) is 38.9 Å².